The molecule has 5 heteroatoms. The van der Waals surface area contributed by atoms with Crippen molar-refractivity contribution in [2.45, 2.75) is 52.2 Å². The molecular formula is C18H24O5. The Hall–Kier alpha value is -1.72. The Kier molecular flexibility index (Phi) is 5.22. The van der Waals surface area contributed by atoms with Crippen LogP contribution in [0.25, 0.3) is 0 Å². The fraction of sp³-hybridized carbons (Fsp3) is 0.556. The van der Waals surface area contributed by atoms with Crippen LogP contribution in [0.5, 0.6) is 0 Å². The molecule has 1 fully saturated rings. The van der Waals surface area contributed by atoms with E-state index in [-0.39, 0.29) is 25.0 Å². The van der Waals surface area contributed by atoms with Crippen molar-refractivity contribution in [1.82, 2.24) is 0 Å². The number of aryl methyl sites for hydroxylation is 3. The molecule has 0 spiro atoms. The Morgan fingerprint density at radius 3 is 1.96 bits per heavy atom. The Morgan fingerprint density at radius 2 is 1.48 bits per heavy atom. The Bertz CT molecular complexity index is 599. The summed E-state index contributed by atoms with van der Waals surface area (Å²) in [6.45, 7) is 5.87. The predicted octanol–water partition coefficient (Wildman–Crippen LogP) is 1.56. The average molecular weight is 320 g/mol. The Balaban J connectivity index is 2.23. The van der Waals surface area contributed by atoms with Gasteiger partial charge >= 0.3 is 5.97 Å². The summed E-state index contributed by atoms with van der Waals surface area (Å²) in [6, 6.07) is 4.01. The van der Waals surface area contributed by atoms with Crippen LogP contribution in [-0.4, -0.2) is 39.3 Å². The molecule has 0 saturated heterocycles. The fourth-order valence-electron chi connectivity index (χ4n) is 3.59. The van der Waals surface area contributed by atoms with Gasteiger partial charge in [0, 0.05) is 12.3 Å². The number of carboxylic acids is 1. The quantitative estimate of drug-likeness (QED) is 0.782. The zero-order chi connectivity index (χ0) is 17.3. The van der Waals surface area contributed by atoms with Crippen molar-refractivity contribution in [2.24, 2.45) is 11.8 Å². The fourth-order valence-corrected chi connectivity index (χ4v) is 3.59. The van der Waals surface area contributed by atoms with Crippen molar-refractivity contribution in [3.63, 3.8) is 0 Å². The van der Waals surface area contributed by atoms with E-state index in [1.807, 2.05) is 32.9 Å². The first-order valence-corrected chi connectivity index (χ1v) is 7.89. The summed E-state index contributed by atoms with van der Waals surface area (Å²) in [7, 11) is 0. The van der Waals surface area contributed by atoms with Crippen molar-refractivity contribution in [1.29, 1.82) is 0 Å². The standard InChI is InChI=1S/C18H24O5/c1-9-4-10(2)12(11(3)5-9)6-15(19)13-7-16(20)17(21)8-14(13)18(22)23/h4-5,13-14,16-17,20-21H,6-8H2,1-3H3,(H,22,23). The Morgan fingerprint density at radius 1 is 1.00 bits per heavy atom. The third-order valence-corrected chi connectivity index (χ3v) is 4.84. The van der Waals surface area contributed by atoms with Gasteiger partial charge in [-0.2, -0.15) is 0 Å². The van der Waals surface area contributed by atoms with E-state index in [2.05, 4.69) is 0 Å². The molecular weight excluding hydrogens is 296 g/mol. The van der Waals surface area contributed by atoms with Gasteiger partial charge in [-0.15, -0.1) is 0 Å². The molecule has 0 radical (unpaired) electrons. The SMILES string of the molecule is Cc1cc(C)c(CC(=O)C2CC(O)C(O)CC2C(=O)O)c(C)c1. The second-order valence-corrected chi connectivity index (χ2v) is 6.68. The van der Waals surface area contributed by atoms with Crippen LogP contribution in [0.15, 0.2) is 12.1 Å². The van der Waals surface area contributed by atoms with E-state index in [9.17, 15) is 24.9 Å². The lowest BCUT2D eigenvalue weighted by molar-refractivity contribution is -0.154. The van der Waals surface area contributed by atoms with E-state index in [4.69, 9.17) is 0 Å². The molecule has 5 nitrogen and oxygen atoms in total. The molecule has 0 amide bonds. The zero-order valence-corrected chi connectivity index (χ0v) is 13.7. The number of ketones is 1. The van der Waals surface area contributed by atoms with Gasteiger partial charge in [0.1, 0.15) is 5.78 Å². The van der Waals surface area contributed by atoms with Gasteiger partial charge in [-0.25, -0.2) is 0 Å². The van der Waals surface area contributed by atoms with Crippen LogP contribution in [0, 0.1) is 32.6 Å². The highest BCUT2D eigenvalue weighted by molar-refractivity contribution is 5.88. The first kappa shape index (κ1) is 17.6. The highest BCUT2D eigenvalue weighted by atomic mass is 16.4. The van der Waals surface area contributed by atoms with Crippen LogP contribution in [0.4, 0.5) is 0 Å². The van der Waals surface area contributed by atoms with E-state index < -0.39 is 30.0 Å². The number of hydrogen-bond donors (Lipinski definition) is 3. The maximum atomic E-state index is 12.7. The molecule has 0 aromatic heterocycles. The molecule has 1 aliphatic carbocycles. The largest absolute Gasteiger partial charge is 0.481 e. The molecule has 23 heavy (non-hydrogen) atoms. The van der Waals surface area contributed by atoms with Crippen LogP contribution in [0.1, 0.15) is 35.1 Å². The van der Waals surface area contributed by atoms with Crippen LogP contribution in [0.3, 0.4) is 0 Å². The highest BCUT2D eigenvalue weighted by Gasteiger charge is 2.42. The molecule has 126 valence electrons. The molecule has 4 atom stereocenters. The number of aliphatic carboxylic acids is 1. The molecule has 0 aliphatic heterocycles. The number of aliphatic hydroxyl groups is 2. The zero-order valence-electron chi connectivity index (χ0n) is 13.7. The van der Waals surface area contributed by atoms with E-state index in [1.54, 1.807) is 0 Å². The van der Waals surface area contributed by atoms with Crippen molar-refractivity contribution >= 4 is 11.8 Å². The number of rotatable bonds is 4. The van der Waals surface area contributed by atoms with Crippen LogP contribution >= 0.6 is 0 Å². The summed E-state index contributed by atoms with van der Waals surface area (Å²) in [6.07, 6.45) is -2.04. The summed E-state index contributed by atoms with van der Waals surface area (Å²) >= 11 is 0. The van der Waals surface area contributed by atoms with Crippen LogP contribution in [0.2, 0.25) is 0 Å². The Labute approximate surface area is 136 Å². The number of hydrogen-bond acceptors (Lipinski definition) is 4. The van der Waals surface area contributed by atoms with E-state index in [1.165, 1.54) is 0 Å². The van der Waals surface area contributed by atoms with Gasteiger partial charge in [-0.3, -0.25) is 9.59 Å². The lowest BCUT2D eigenvalue weighted by Crippen LogP contribution is -2.45. The number of benzene rings is 1. The van der Waals surface area contributed by atoms with Gasteiger partial charge in [0.25, 0.3) is 0 Å². The normalized spacial score (nSPS) is 27.7. The minimum Gasteiger partial charge on any atom is -0.481 e. The van der Waals surface area contributed by atoms with E-state index in [0.29, 0.717) is 0 Å². The van der Waals surface area contributed by atoms with Crippen molar-refractivity contribution < 1.29 is 24.9 Å². The second-order valence-electron chi connectivity index (χ2n) is 6.68. The monoisotopic (exact) mass is 320 g/mol. The second kappa shape index (κ2) is 6.81. The topological polar surface area (TPSA) is 94.8 Å². The summed E-state index contributed by atoms with van der Waals surface area (Å²) in [5.74, 6) is -2.97. The number of carbonyl (C=O) groups is 2. The van der Waals surface area contributed by atoms with E-state index >= 15 is 0 Å². The molecule has 1 saturated carbocycles. The van der Waals surface area contributed by atoms with E-state index in [0.717, 1.165) is 22.3 Å². The first-order chi connectivity index (χ1) is 10.7. The third-order valence-electron chi connectivity index (χ3n) is 4.84. The van der Waals surface area contributed by atoms with Crippen molar-refractivity contribution in [3.05, 3.63) is 34.4 Å². The minimum absolute atomic E-state index is 0.000916. The smallest absolute Gasteiger partial charge is 0.307 e. The van der Waals surface area contributed by atoms with Gasteiger partial charge in [0.05, 0.1) is 18.1 Å². The van der Waals surface area contributed by atoms with Gasteiger partial charge in [-0.05, 0) is 50.3 Å². The molecule has 4 unspecified atom stereocenters. The average Bonchev–Trinajstić information content (AvgIpc) is 2.44. The number of carboxylic acid groups (broad SMARTS) is 1. The molecule has 3 N–H and O–H groups in total. The number of carbonyl (C=O) groups excluding carboxylic acids is 1. The predicted molar refractivity (Wildman–Crippen MR) is 85.2 cm³/mol. The van der Waals surface area contributed by atoms with Crippen molar-refractivity contribution in [3.8, 4) is 0 Å². The summed E-state index contributed by atoms with van der Waals surface area (Å²) in [4.78, 5) is 24.1. The summed E-state index contributed by atoms with van der Waals surface area (Å²) in [5.41, 5.74) is 4.07. The molecule has 1 aromatic rings. The summed E-state index contributed by atoms with van der Waals surface area (Å²) in [5, 5.41) is 28.8. The highest BCUT2D eigenvalue weighted by Crippen LogP contribution is 2.33. The molecule has 0 bridgehead atoms. The number of Topliss-reactive ketones (excluding diaryl/α,β-unsaturated/α-hetero) is 1. The minimum atomic E-state index is -1.09. The van der Waals surface area contributed by atoms with Crippen molar-refractivity contribution in [2.75, 3.05) is 0 Å². The molecule has 0 heterocycles. The first-order valence-electron chi connectivity index (χ1n) is 7.89. The molecule has 1 aliphatic rings. The lowest BCUT2D eigenvalue weighted by Gasteiger charge is -2.34. The van der Waals surface area contributed by atoms with Gasteiger partial charge in [0.2, 0.25) is 0 Å². The van der Waals surface area contributed by atoms with Gasteiger partial charge in [-0.1, -0.05) is 17.7 Å². The van der Waals surface area contributed by atoms with Gasteiger partial charge in [0.15, 0.2) is 0 Å². The number of aliphatic hydroxyl groups excluding tert-OH is 2. The van der Waals surface area contributed by atoms with Crippen LogP contribution < -0.4 is 0 Å². The third kappa shape index (κ3) is 3.79. The lowest BCUT2D eigenvalue weighted by atomic mass is 9.73. The van der Waals surface area contributed by atoms with Gasteiger partial charge < -0.3 is 15.3 Å². The summed E-state index contributed by atoms with van der Waals surface area (Å²) < 4.78 is 0. The molecule has 1 aromatic carbocycles. The molecule has 2 rings (SSSR count). The van der Waals surface area contributed by atoms with Crippen LogP contribution in [-0.2, 0) is 16.0 Å². The maximum Gasteiger partial charge on any atom is 0.307 e. The maximum absolute atomic E-state index is 12.7.